The van der Waals surface area contributed by atoms with Crippen LogP contribution in [0.1, 0.15) is 19.8 Å². The largest absolute Gasteiger partial charge is 0.494 e. The molecule has 0 amide bonds. The molecule has 6 nitrogen and oxygen atoms in total. The molecule has 0 spiro atoms. The first-order valence-corrected chi connectivity index (χ1v) is 8.30. The van der Waals surface area contributed by atoms with E-state index in [4.69, 9.17) is 9.47 Å². The Hall–Kier alpha value is -1.34. The number of hydrogen-bond acceptors (Lipinski definition) is 6. The summed E-state index contributed by atoms with van der Waals surface area (Å²) in [6.45, 7) is 4.66. The number of hydrogen-bond donors (Lipinski definition) is 1. The second-order valence-corrected chi connectivity index (χ2v) is 5.87. The molecular weight excluding hydrogens is 350 g/mol. The molecule has 0 radical (unpaired) electrons. The fraction of sp³-hybridized carbons (Fsp3) is 0.600. The number of carbonyl (C=O) groups excluding carboxylic acids is 1. The van der Waals surface area contributed by atoms with Gasteiger partial charge in [0, 0.05) is 25.7 Å². The summed E-state index contributed by atoms with van der Waals surface area (Å²) < 4.78 is 11.3. The Kier molecular flexibility index (Phi) is 6.45. The summed E-state index contributed by atoms with van der Waals surface area (Å²) in [6, 6.07) is 1.55. The predicted octanol–water partition coefficient (Wildman–Crippen LogP) is 1.97. The fourth-order valence-corrected chi connectivity index (χ4v) is 2.73. The molecule has 122 valence electrons. The van der Waals surface area contributed by atoms with Crippen LogP contribution in [0.15, 0.2) is 16.9 Å². The second-order valence-electron chi connectivity index (χ2n) is 5.12. The van der Waals surface area contributed by atoms with E-state index in [0.29, 0.717) is 23.5 Å². The van der Waals surface area contributed by atoms with Crippen LogP contribution in [0.5, 0.6) is 5.75 Å². The molecule has 0 aliphatic carbocycles. The maximum atomic E-state index is 12.3. The van der Waals surface area contributed by atoms with E-state index in [1.807, 2.05) is 11.0 Å². The molecule has 0 bridgehead atoms. The number of pyridine rings is 1. The SMILES string of the molecule is CCCCOC(=O)C1CNCCN1c1cnc(Br)c(OC)c1. The smallest absolute Gasteiger partial charge is 0.330 e. The highest BCUT2D eigenvalue weighted by molar-refractivity contribution is 9.10. The molecule has 1 N–H and O–H groups in total. The molecule has 1 aromatic heterocycles. The highest BCUT2D eigenvalue weighted by atomic mass is 79.9. The molecule has 1 aromatic rings. The van der Waals surface area contributed by atoms with Gasteiger partial charge in [0.1, 0.15) is 10.6 Å². The average Bonchev–Trinajstić information content (AvgIpc) is 2.55. The van der Waals surface area contributed by atoms with Gasteiger partial charge in [-0.1, -0.05) is 13.3 Å². The van der Waals surface area contributed by atoms with Crippen molar-refractivity contribution in [1.82, 2.24) is 10.3 Å². The Labute approximate surface area is 139 Å². The first kappa shape index (κ1) is 17.0. The first-order chi connectivity index (χ1) is 10.7. The molecule has 22 heavy (non-hydrogen) atoms. The van der Waals surface area contributed by atoms with E-state index in [1.54, 1.807) is 13.3 Å². The van der Waals surface area contributed by atoms with Crippen LogP contribution in [0.2, 0.25) is 0 Å². The molecule has 1 atom stereocenters. The molecule has 1 saturated heterocycles. The highest BCUT2D eigenvalue weighted by Crippen LogP contribution is 2.28. The van der Waals surface area contributed by atoms with Crippen LogP contribution in [0.25, 0.3) is 0 Å². The third kappa shape index (κ3) is 4.10. The van der Waals surface area contributed by atoms with E-state index in [1.165, 1.54) is 0 Å². The van der Waals surface area contributed by atoms with Crippen LogP contribution >= 0.6 is 15.9 Å². The van der Waals surface area contributed by atoms with E-state index in [0.717, 1.165) is 31.6 Å². The zero-order chi connectivity index (χ0) is 15.9. The standard InChI is InChI=1S/C15H22BrN3O3/c1-3-4-7-22-15(20)12-10-17-5-6-19(12)11-8-13(21-2)14(16)18-9-11/h8-9,12,17H,3-7,10H2,1-2H3. The molecule has 0 aromatic carbocycles. The predicted molar refractivity (Wildman–Crippen MR) is 88.4 cm³/mol. The highest BCUT2D eigenvalue weighted by Gasteiger charge is 2.30. The lowest BCUT2D eigenvalue weighted by atomic mass is 10.1. The lowest BCUT2D eigenvalue weighted by Gasteiger charge is -2.36. The van der Waals surface area contributed by atoms with Crippen molar-refractivity contribution in [2.45, 2.75) is 25.8 Å². The second kappa shape index (κ2) is 8.33. The maximum absolute atomic E-state index is 12.3. The minimum atomic E-state index is -0.335. The van der Waals surface area contributed by atoms with Crippen LogP contribution in [-0.2, 0) is 9.53 Å². The number of anilines is 1. The number of carbonyl (C=O) groups is 1. The number of halogens is 1. The Morgan fingerprint density at radius 1 is 1.59 bits per heavy atom. The minimum absolute atomic E-state index is 0.192. The number of aromatic nitrogens is 1. The van der Waals surface area contributed by atoms with E-state index < -0.39 is 0 Å². The summed E-state index contributed by atoms with van der Waals surface area (Å²) >= 11 is 3.34. The number of ether oxygens (including phenoxy) is 2. The third-order valence-electron chi connectivity index (χ3n) is 3.60. The molecule has 1 aliphatic rings. The number of esters is 1. The summed E-state index contributed by atoms with van der Waals surface area (Å²) in [7, 11) is 1.60. The average molecular weight is 372 g/mol. The maximum Gasteiger partial charge on any atom is 0.330 e. The van der Waals surface area contributed by atoms with Crippen LogP contribution in [-0.4, -0.2) is 50.3 Å². The Balaban J connectivity index is 2.13. The monoisotopic (exact) mass is 371 g/mol. The lowest BCUT2D eigenvalue weighted by Crippen LogP contribution is -2.55. The van der Waals surface area contributed by atoms with Gasteiger partial charge in [-0.25, -0.2) is 9.78 Å². The number of nitrogens with zero attached hydrogens (tertiary/aromatic N) is 2. The fourth-order valence-electron chi connectivity index (χ4n) is 2.36. The number of rotatable bonds is 6. The Morgan fingerprint density at radius 2 is 2.41 bits per heavy atom. The summed E-state index contributed by atoms with van der Waals surface area (Å²) in [6.07, 6.45) is 3.64. The van der Waals surface area contributed by atoms with Gasteiger partial charge in [0.25, 0.3) is 0 Å². The molecule has 2 rings (SSSR count). The summed E-state index contributed by atoms with van der Waals surface area (Å²) in [4.78, 5) is 18.6. The van der Waals surface area contributed by atoms with Crippen molar-refractivity contribution in [2.75, 3.05) is 38.3 Å². The Bertz CT molecular complexity index is 513. The van der Waals surface area contributed by atoms with Crippen molar-refractivity contribution in [3.8, 4) is 5.75 Å². The molecule has 1 fully saturated rings. The normalized spacial score (nSPS) is 18.1. The van der Waals surface area contributed by atoms with Gasteiger partial charge in [0.15, 0.2) is 5.75 Å². The number of unbranched alkanes of at least 4 members (excludes halogenated alkanes) is 1. The molecule has 7 heteroatoms. The van der Waals surface area contributed by atoms with Crippen LogP contribution in [0.3, 0.4) is 0 Å². The van der Waals surface area contributed by atoms with Gasteiger partial charge in [-0.2, -0.15) is 0 Å². The van der Waals surface area contributed by atoms with Crippen LogP contribution in [0.4, 0.5) is 5.69 Å². The summed E-state index contributed by atoms with van der Waals surface area (Å²) in [5.74, 6) is 0.455. The number of methoxy groups -OCH3 is 1. The van der Waals surface area contributed by atoms with E-state index in [9.17, 15) is 4.79 Å². The van der Waals surface area contributed by atoms with Gasteiger partial charge in [-0.3, -0.25) is 0 Å². The molecule has 1 unspecified atom stereocenters. The van der Waals surface area contributed by atoms with Gasteiger partial charge in [-0.05, 0) is 22.4 Å². The third-order valence-corrected chi connectivity index (χ3v) is 4.20. The van der Waals surface area contributed by atoms with Crippen molar-refractivity contribution in [3.05, 3.63) is 16.9 Å². The van der Waals surface area contributed by atoms with Gasteiger partial charge in [-0.15, -0.1) is 0 Å². The van der Waals surface area contributed by atoms with Crippen LogP contribution in [0, 0.1) is 0 Å². The summed E-state index contributed by atoms with van der Waals surface area (Å²) in [5.41, 5.74) is 0.860. The number of piperazine rings is 1. The molecule has 2 heterocycles. The molecule has 0 saturated carbocycles. The number of nitrogens with one attached hydrogen (secondary N) is 1. The summed E-state index contributed by atoms with van der Waals surface area (Å²) in [5, 5.41) is 3.24. The van der Waals surface area contributed by atoms with Crippen LogP contribution < -0.4 is 15.0 Å². The van der Waals surface area contributed by atoms with Crippen molar-refractivity contribution in [1.29, 1.82) is 0 Å². The van der Waals surface area contributed by atoms with Gasteiger partial charge in [0.05, 0.1) is 25.6 Å². The van der Waals surface area contributed by atoms with E-state index in [-0.39, 0.29) is 12.0 Å². The molecular formula is C15H22BrN3O3. The van der Waals surface area contributed by atoms with Gasteiger partial charge in [0.2, 0.25) is 0 Å². The quantitative estimate of drug-likeness (QED) is 0.468. The zero-order valence-corrected chi connectivity index (χ0v) is 14.6. The van der Waals surface area contributed by atoms with Crippen molar-refractivity contribution in [2.24, 2.45) is 0 Å². The van der Waals surface area contributed by atoms with Crippen molar-refractivity contribution in [3.63, 3.8) is 0 Å². The van der Waals surface area contributed by atoms with E-state index >= 15 is 0 Å². The Morgan fingerprint density at radius 3 is 3.14 bits per heavy atom. The molecule has 1 aliphatic heterocycles. The topological polar surface area (TPSA) is 63.7 Å². The minimum Gasteiger partial charge on any atom is -0.494 e. The van der Waals surface area contributed by atoms with Gasteiger partial charge < -0.3 is 19.7 Å². The lowest BCUT2D eigenvalue weighted by molar-refractivity contribution is -0.145. The van der Waals surface area contributed by atoms with Gasteiger partial charge >= 0.3 is 5.97 Å². The first-order valence-electron chi connectivity index (χ1n) is 7.51. The van der Waals surface area contributed by atoms with E-state index in [2.05, 4.69) is 33.2 Å². The van der Waals surface area contributed by atoms with Crippen molar-refractivity contribution < 1.29 is 14.3 Å². The zero-order valence-electron chi connectivity index (χ0n) is 13.0. The van der Waals surface area contributed by atoms with Crippen molar-refractivity contribution >= 4 is 27.6 Å².